The third-order valence-corrected chi connectivity index (χ3v) is 4.19. The van der Waals surface area contributed by atoms with Gasteiger partial charge >= 0.3 is 0 Å². The molecule has 33 heavy (non-hydrogen) atoms. The van der Waals surface area contributed by atoms with Gasteiger partial charge in [-0.05, 0) is 68.8 Å². The van der Waals surface area contributed by atoms with Crippen LogP contribution in [0, 0.1) is 0 Å². The molecule has 0 saturated heterocycles. The molecule has 0 saturated carbocycles. The van der Waals surface area contributed by atoms with E-state index in [4.69, 9.17) is 5.11 Å². The van der Waals surface area contributed by atoms with E-state index in [1.165, 1.54) is 0 Å². The van der Waals surface area contributed by atoms with E-state index in [0.29, 0.717) is 17.3 Å². The molecule has 0 aliphatic heterocycles. The molecule has 0 aliphatic carbocycles. The summed E-state index contributed by atoms with van der Waals surface area (Å²) < 4.78 is 0. The lowest BCUT2D eigenvalue weighted by atomic mass is 10.1. The molecule has 174 valence electrons. The number of H-pyrrole nitrogens is 1. The van der Waals surface area contributed by atoms with Crippen LogP contribution in [0.3, 0.4) is 0 Å². The van der Waals surface area contributed by atoms with Gasteiger partial charge in [0.1, 0.15) is 5.82 Å². The van der Waals surface area contributed by atoms with Gasteiger partial charge in [0.25, 0.3) is 0 Å². The first kappa shape index (κ1) is 25.5. The van der Waals surface area contributed by atoms with Crippen LogP contribution in [0.2, 0.25) is 0 Å². The lowest BCUT2D eigenvalue weighted by Gasteiger charge is -2.08. The van der Waals surface area contributed by atoms with Crippen molar-refractivity contribution in [2.45, 2.75) is 40.2 Å². The highest BCUT2D eigenvalue weighted by molar-refractivity contribution is 6.17. The number of nitrogens with zero attached hydrogens (tertiary/aromatic N) is 2. The third-order valence-electron chi connectivity index (χ3n) is 4.19. The molecule has 0 amide bonds. The number of benzene rings is 1. The molecular weight excluding hydrogens is 414 g/mol. The molecular formula is C26H33N5O2. The molecule has 0 unspecified atom stereocenters. The van der Waals surface area contributed by atoms with Gasteiger partial charge in [0.15, 0.2) is 5.78 Å². The summed E-state index contributed by atoms with van der Waals surface area (Å²) in [6.45, 7) is 8.32. The average molecular weight is 448 g/mol. The number of ketones is 1. The van der Waals surface area contributed by atoms with E-state index < -0.39 is 0 Å². The molecule has 2 heterocycles. The molecule has 3 rings (SSSR count). The fourth-order valence-electron chi connectivity index (χ4n) is 2.69. The first-order valence-electron chi connectivity index (χ1n) is 11.1. The van der Waals surface area contributed by atoms with Crippen LogP contribution in [0.1, 0.15) is 44.5 Å². The topological polar surface area (TPSA) is 103 Å². The number of nitrogens with one attached hydrogen (secondary N) is 3. The highest BCUT2D eigenvalue weighted by Crippen LogP contribution is 2.16. The van der Waals surface area contributed by atoms with E-state index in [0.717, 1.165) is 29.2 Å². The zero-order valence-corrected chi connectivity index (χ0v) is 19.7. The smallest absolute Gasteiger partial charge is 0.224 e. The first-order chi connectivity index (χ1) is 15.9. The Bertz CT molecular complexity index is 1150. The number of carbonyl (C=O) groups excluding carboxylic acids is 1. The van der Waals surface area contributed by atoms with Gasteiger partial charge in [-0.25, -0.2) is 4.98 Å². The molecule has 0 fully saturated rings. The van der Waals surface area contributed by atoms with Crippen LogP contribution in [-0.2, 0) is 0 Å². The van der Waals surface area contributed by atoms with Crippen molar-refractivity contribution >= 4 is 35.4 Å². The number of aromatic nitrogens is 3. The van der Waals surface area contributed by atoms with Crippen molar-refractivity contribution in [1.29, 1.82) is 0 Å². The predicted octanol–water partition coefficient (Wildman–Crippen LogP) is 3.78. The summed E-state index contributed by atoms with van der Waals surface area (Å²) in [6.07, 6.45) is 11.9. The number of hydrogen-bond acceptors (Lipinski definition) is 6. The largest absolute Gasteiger partial charge is 0.394 e. The first-order valence-corrected chi connectivity index (χ1v) is 11.1. The van der Waals surface area contributed by atoms with Crippen molar-refractivity contribution in [2.24, 2.45) is 0 Å². The number of rotatable bonds is 8. The van der Waals surface area contributed by atoms with Gasteiger partial charge in [0.05, 0.1) is 0 Å². The van der Waals surface area contributed by atoms with E-state index in [1.807, 2.05) is 49.5 Å². The Labute approximate surface area is 195 Å². The fourth-order valence-corrected chi connectivity index (χ4v) is 2.69. The summed E-state index contributed by atoms with van der Waals surface area (Å²) in [5, 5.41) is 16.2. The molecule has 0 aliphatic rings. The fraction of sp³-hybridized carbons (Fsp3) is 0.269. The van der Waals surface area contributed by atoms with Gasteiger partial charge in [-0.2, -0.15) is 4.98 Å². The normalized spacial score (nSPS) is 12.1. The third kappa shape index (κ3) is 9.13. The summed E-state index contributed by atoms with van der Waals surface area (Å²) in [7, 11) is 0. The number of aliphatic hydroxyl groups excluding tert-OH is 1. The number of allylic oxidation sites excluding steroid dienone is 2. The van der Waals surface area contributed by atoms with Crippen LogP contribution < -0.4 is 21.2 Å². The van der Waals surface area contributed by atoms with Crippen LogP contribution in [0.4, 0.5) is 17.5 Å². The monoisotopic (exact) mass is 447 g/mol. The van der Waals surface area contributed by atoms with Crippen molar-refractivity contribution in [3.05, 3.63) is 77.1 Å². The van der Waals surface area contributed by atoms with Gasteiger partial charge in [-0.1, -0.05) is 25.2 Å². The Morgan fingerprint density at radius 3 is 2.58 bits per heavy atom. The van der Waals surface area contributed by atoms with Crippen LogP contribution in [0.25, 0.3) is 12.2 Å². The lowest BCUT2D eigenvalue weighted by molar-refractivity contribution is 0.106. The zero-order chi connectivity index (χ0) is 24.1. The molecule has 1 aromatic carbocycles. The summed E-state index contributed by atoms with van der Waals surface area (Å²) in [5.74, 6) is 1.23. The van der Waals surface area contributed by atoms with Crippen molar-refractivity contribution in [3.63, 3.8) is 0 Å². The highest BCUT2D eigenvalue weighted by atomic mass is 16.3. The minimum absolute atomic E-state index is 0.0535. The lowest BCUT2D eigenvalue weighted by Crippen LogP contribution is -2.23. The summed E-state index contributed by atoms with van der Waals surface area (Å²) in [4.78, 5) is 24.3. The molecule has 0 bridgehead atoms. The number of anilines is 3. The molecule has 7 nitrogen and oxygen atoms in total. The Morgan fingerprint density at radius 1 is 1.18 bits per heavy atom. The molecule has 0 radical (unpaired) electrons. The van der Waals surface area contributed by atoms with Crippen molar-refractivity contribution in [2.75, 3.05) is 17.2 Å². The number of hydrogen-bond donors (Lipinski definition) is 4. The van der Waals surface area contributed by atoms with Gasteiger partial charge in [0.2, 0.25) is 5.95 Å². The second kappa shape index (κ2) is 13.6. The Hall–Kier alpha value is -3.71. The minimum Gasteiger partial charge on any atom is -0.394 e. The maximum atomic E-state index is 12.6. The van der Waals surface area contributed by atoms with Gasteiger partial charge in [-0.3, -0.25) is 4.79 Å². The minimum atomic E-state index is -0.167. The van der Waals surface area contributed by atoms with Crippen LogP contribution >= 0.6 is 0 Å². The van der Waals surface area contributed by atoms with Crippen LogP contribution in [0.5, 0.6) is 0 Å². The molecule has 7 heteroatoms. The summed E-state index contributed by atoms with van der Waals surface area (Å²) >= 11 is 0. The van der Waals surface area contributed by atoms with E-state index in [9.17, 15) is 4.79 Å². The second-order valence-electron chi connectivity index (χ2n) is 7.54. The van der Waals surface area contributed by atoms with Crippen LogP contribution in [0.15, 0.2) is 60.9 Å². The maximum absolute atomic E-state index is 12.6. The number of aliphatic hydroxyl groups is 1. The average Bonchev–Trinajstić information content (AvgIpc) is 3.23. The van der Waals surface area contributed by atoms with Crippen molar-refractivity contribution < 1.29 is 9.90 Å². The quantitative estimate of drug-likeness (QED) is 0.392. The Balaban J connectivity index is 0.000000890. The van der Waals surface area contributed by atoms with Gasteiger partial charge < -0.3 is 20.7 Å². The molecule has 0 atom stereocenters. The zero-order valence-electron chi connectivity index (χ0n) is 19.7. The van der Waals surface area contributed by atoms with E-state index in [-0.39, 0.29) is 11.9 Å². The van der Waals surface area contributed by atoms with Gasteiger partial charge in [0, 0.05) is 47.7 Å². The second-order valence-corrected chi connectivity index (χ2v) is 7.54. The molecule has 0 spiro atoms. The number of Topliss-reactive ketones (excluding diaryl/α,β-unsaturated/α-hetero) is 1. The molecule has 3 aromatic rings. The maximum Gasteiger partial charge on any atom is 0.224 e. The molecule has 2 aromatic heterocycles. The highest BCUT2D eigenvalue weighted by Gasteiger charge is 2.04. The van der Waals surface area contributed by atoms with Crippen LogP contribution in [-0.4, -0.2) is 38.5 Å². The van der Waals surface area contributed by atoms with Crippen molar-refractivity contribution in [1.82, 2.24) is 15.0 Å². The standard InChI is InChI=1S/C23H25N5O.C3H8O/c1-3-5-6-17-11-14-24-20(17)16-21(29)18-7-9-19(10-8-18)27-22-12-15-26-23(28-22)25-13-4-2;1-3(2)4/h3,5-12,14-16,24H,4,13H2,1-2H3,(H2,25,26,27,28);3-4H,1-2H3/b5-3-,17-6-,20-16-;. The number of carbonyl (C=O) groups is 1. The molecule has 4 N–H and O–H groups in total. The van der Waals surface area contributed by atoms with E-state index in [2.05, 4.69) is 32.5 Å². The summed E-state index contributed by atoms with van der Waals surface area (Å²) in [5.41, 5.74) is 1.47. The Morgan fingerprint density at radius 2 is 1.91 bits per heavy atom. The van der Waals surface area contributed by atoms with E-state index in [1.54, 1.807) is 44.3 Å². The number of aromatic amines is 1. The SMILES string of the molecule is CC(C)O.C\C=C/C=c1/cc[nH]/c1=C\C(=O)c1ccc(Nc2ccnc(NCCC)n2)cc1. The van der Waals surface area contributed by atoms with E-state index >= 15 is 0 Å². The predicted molar refractivity (Wildman–Crippen MR) is 136 cm³/mol. The van der Waals surface area contributed by atoms with Gasteiger partial charge in [-0.15, -0.1) is 0 Å². The van der Waals surface area contributed by atoms with Crippen molar-refractivity contribution in [3.8, 4) is 0 Å². The summed E-state index contributed by atoms with van der Waals surface area (Å²) in [6, 6.07) is 11.1. The Kier molecular flexibility index (Phi) is 10.6.